The Labute approximate surface area is 133 Å². The van der Waals surface area contributed by atoms with Crippen molar-refractivity contribution in [3.8, 4) is 5.75 Å². The second-order valence-electron chi connectivity index (χ2n) is 4.72. The van der Waals surface area contributed by atoms with Gasteiger partial charge in [-0.15, -0.1) is 11.3 Å². The number of rotatable bonds is 6. The van der Waals surface area contributed by atoms with Gasteiger partial charge in [-0.2, -0.15) is 0 Å². The highest BCUT2D eigenvalue weighted by molar-refractivity contribution is 7.13. The molecule has 1 aromatic carbocycles. The van der Waals surface area contributed by atoms with Crippen LogP contribution in [0, 0.1) is 6.92 Å². The van der Waals surface area contributed by atoms with Crippen LogP contribution in [0.2, 0.25) is 0 Å². The van der Waals surface area contributed by atoms with E-state index in [1.165, 1.54) is 11.3 Å². The Balaban J connectivity index is 1.77. The molecule has 1 heterocycles. The zero-order valence-corrected chi connectivity index (χ0v) is 13.3. The second kappa shape index (κ2) is 7.61. The molecule has 0 unspecified atom stereocenters. The summed E-state index contributed by atoms with van der Waals surface area (Å²) in [6.45, 7) is 2.28. The van der Waals surface area contributed by atoms with Crippen molar-refractivity contribution in [2.24, 2.45) is 0 Å². The van der Waals surface area contributed by atoms with E-state index in [1.54, 1.807) is 13.2 Å². The predicted molar refractivity (Wildman–Crippen MR) is 86.2 cm³/mol. The van der Waals surface area contributed by atoms with Gasteiger partial charge in [-0.3, -0.25) is 9.59 Å². The van der Waals surface area contributed by atoms with Gasteiger partial charge in [-0.1, -0.05) is 12.1 Å². The topological polar surface area (TPSA) is 67.4 Å². The number of nitrogens with one attached hydrogen (secondary N) is 2. The molecule has 6 heteroatoms. The molecule has 1 aromatic heterocycles. The summed E-state index contributed by atoms with van der Waals surface area (Å²) < 4.78 is 5.12. The number of hydrogen-bond acceptors (Lipinski definition) is 4. The van der Waals surface area contributed by atoms with Crippen molar-refractivity contribution < 1.29 is 14.3 Å². The van der Waals surface area contributed by atoms with Crippen LogP contribution in [-0.2, 0) is 11.3 Å². The molecular weight excluding hydrogens is 300 g/mol. The first-order valence-electron chi connectivity index (χ1n) is 6.83. The van der Waals surface area contributed by atoms with Crippen molar-refractivity contribution >= 4 is 23.2 Å². The molecular formula is C16H18N2O3S. The summed E-state index contributed by atoms with van der Waals surface area (Å²) in [6.07, 6.45) is 0. The summed E-state index contributed by atoms with van der Waals surface area (Å²) in [5, 5.41) is 5.36. The van der Waals surface area contributed by atoms with Crippen LogP contribution in [0.25, 0.3) is 0 Å². The number of thiophene rings is 1. The lowest BCUT2D eigenvalue weighted by atomic mass is 10.2. The number of methoxy groups -OCH3 is 1. The molecule has 0 bridgehead atoms. The largest absolute Gasteiger partial charge is 0.497 e. The zero-order chi connectivity index (χ0) is 15.9. The Morgan fingerprint density at radius 1 is 1.18 bits per heavy atom. The van der Waals surface area contributed by atoms with E-state index in [1.807, 2.05) is 37.3 Å². The molecule has 5 nitrogen and oxygen atoms in total. The summed E-state index contributed by atoms with van der Waals surface area (Å²) in [5.74, 6) is 0.284. The van der Waals surface area contributed by atoms with E-state index in [-0.39, 0.29) is 18.4 Å². The van der Waals surface area contributed by atoms with E-state index in [2.05, 4.69) is 10.6 Å². The van der Waals surface area contributed by atoms with Crippen LogP contribution in [0.4, 0.5) is 0 Å². The molecule has 0 saturated carbocycles. The van der Waals surface area contributed by atoms with E-state index in [9.17, 15) is 9.59 Å². The van der Waals surface area contributed by atoms with E-state index >= 15 is 0 Å². The van der Waals surface area contributed by atoms with Gasteiger partial charge in [0, 0.05) is 11.4 Å². The fraction of sp³-hybridized carbons (Fsp3) is 0.250. The van der Waals surface area contributed by atoms with Crippen molar-refractivity contribution in [2.75, 3.05) is 13.7 Å². The van der Waals surface area contributed by atoms with E-state index < -0.39 is 0 Å². The van der Waals surface area contributed by atoms with Crippen molar-refractivity contribution in [3.63, 3.8) is 0 Å². The number of amides is 2. The van der Waals surface area contributed by atoms with Gasteiger partial charge in [-0.05, 0) is 36.8 Å². The number of carbonyl (C=O) groups is 2. The maximum absolute atomic E-state index is 11.8. The third-order valence-electron chi connectivity index (χ3n) is 3.00. The average Bonchev–Trinajstić information content (AvgIpc) is 2.97. The van der Waals surface area contributed by atoms with Crippen LogP contribution in [0.15, 0.2) is 36.4 Å². The molecule has 0 aliphatic heterocycles. The monoisotopic (exact) mass is 318 g/mol. The number of aryl methyl sites for hydroxylation is 1. The highest BCUT2D eigenvalue weighted by atomic mass is 32.1. The van der Waals surface area contributed by atoms with Crippen LogP contribution in [-0.4, -0.2) is 25.5 Å². The minimum Gasteiger partial charge on any atom is -0.497 e. The fourth-order valence-electron chi connectivity index (χ4n) is 1.85. The normalized spacial score (nSPS) is 10.1. The molecule has 2 rings (SSSR count). The number of carbonyl (C=O) groups excluding carboxylic acids is 2. The first-order valence-corrected chi connectivity index (χ1v) is 7.64. The molecule has 2 N–H and O–H groups in total. The van der Waals surface area contributed by atoms with E-state index in [0.717, 1.165) is 16.2 Å². The standard InChI is InChI=1S/C16H18N2O3S/c1-11-6-7-14(22-11)16(20)18-10-15(19)17-9-12-4-3-5-13(8-12)21-2/h3-8H,9-10H2,1-2H3,(H,17,19)(H,18,20). The Hall–Kier alpha value is -2.34. The maximum atomic E-state index is 11.8. The maximum Gasteiger partial charge on any atom is 0.261 e. The Morgan fingerprint density at radius 3 is 2.68 bits per heavy atom. The SMILES string of the molecule is COc1cccc(CNC(=O)CNC(=O)c2ccc(C)s2)c1. The molecule has 2 aromatic rings. The Kier molecular flexibility index (Phi) is 5.55. The van der Waals surface area contributed by atoms with Crippen molar-refractivity contribution in [1.82, 2.24) is 10.6 Å². The second-order valence-corrected chi connectivity index (χ2v) is 6.01. The summed E-state index contributed by atoms with van der Waals surface area (Å²) in [5.41, 5.74) is 0.938. The van der Waals surface area contributed by atoms with Gasteiger partial charge in [0.2, 0.25) is 5.91 Å². The van der Waals surface area contributed by atoms with E-state index in [0.29, 0.717) is 11.4 Å². The molecule has 0 aliphatic carbocycles. The highest BCUT2D eigenvalue weighted by Gasteiger charge is 2.09. The molecule has 0 saturated heterocycles. The summed E-state index contributed by atoms with van der Waals surface area (Å²) in [6, 6.07) is 11.1. The summed E-state index contributed by atoms with van der Waals surface area (Å²) in [7, 11) is 1.60. The van der Waals surface area contributed by atoms with E-state index in [4.69, 9.17) is 4.74 Å². The van der Waals surface area contributed by atoms with Crippen LogP contribution >= 0.6 is 11.3 Å². The first-order chi connectivity index (χ1) is 10.6. The minimum absolute atomic E-state index is 0.0419. The zero-order valence-electron chi connectivity index (χ0n) is 12.5. The molecule has 0 atom stereocenters. The van der Waals surface area contributed by atoms with Gasteiger partial charge < -0.3 is 15.4 Å². The van der Waals surface area contributed by atoms with Gasteiger partial charge in [0.15, 0.2) is 0 Å². The highest BCUT2D eigenvalue weighted by Crippen LogP contribution is 2.14. The predicted octanol–water partition coefficient (Wildman–Crippen LogP) is 2.11. The van der Waals surface area contributed by atoms with Crippen molar-refractivity contribution in [3.05, 3.63) is 51.7 Å². The minimum atomic E-state index is -0.232. The molecule has 0 aliphatic rings. The number of benzene rings is 1. The smallest absolute Gasteiger partial charge is 0.261 e. The lowest BCUT2D eigenvalue weighted by Crippen LogP contribution is -2.36. The van der Waals surface area contributed by atoms with Crippen LogP contribution in [0.5, 0.6) is 5.75 Å². The average molecular weight is 318 g/mol. The molecule has 22 heavy (non-hydrogen) atoms. The Bertz CT molecular complexity index is 667. The van der Waals surface area contributed by atoms with Gasteiger partial charge in [0.25, 0.3) is 5.91 Å². The lowest BCUT2D eigenvalue weighted by Gasteiger charge is -2.07. The number of ether oxygens (including phenoxy) is 1. The third-order valence-corrected chi connectivity index (χ3v) is 4.00. The Morgan fingerprint density at radius 2 is 2.00 bits per heavy atom. The summed E-state index contributed by atoms with van der Waals surface area (Å²) >= 11 is 1.40. The quantitative estimate of drug-likeness (QED) is 0.857. The van der Waals surface area contributed by atoms with Crippen molar-refractivity contribution in [2.45, 2.75) is 13.5 Å². The van der Waals surface area contributed by atoms with Gasteiger partial charge in [-0.25, -0.2) is 0 Å². The van der Waals surface area contributed by atoms with Crippen LogP contribution in [0.3, 0.4) is 0 Å². The fourth-order valence-corrected chi connectivity index (χ4v) is 2.63. The number of hydrogen-bond donors (Lipinski definition) is 2. The van der Waals surface area contributed by atoms with Crippen molar-refractivity contribution in [1.29, 1.82) is 0 Å². The molecule has 2 amide bonds. The first kappa shape index (κ1) is 16.0. The van der Waals surface area contributed by atoms with Crippen LogP contribution in [0.1, 0.15) is 20.1 Å². The van der Waals surface area contributed by atoms with Gasteiger partial charge in [0.05, 0.1) is 18.5 Å². The summed E-state index contributed by atoms with van der Waals surface area (Å²) in [4.78, 5) is 25.3. The lowest BCUT2D eigenvalue weighted by molar-refractivity contribution is -0.120. The van der Waals surface area contributed by atoms with Gasteiger partial charge >= 0.3 is 0 Å². The van der Waals surface area contributed by atoms with Crippen LogP contribution < -0.4 is 15.4 Å². The molecule has 0 fully saturated rings. The molecule has 0 spiro atoms. The molecule has 0 radical (unpaired) electrons. The third kappa shape index (κ3) is 4.60. The molecule has 116 valence electrons. The van der Waals surface area contributed by atoms with Gasteiger partial charge in [0.1, 0.15) is 5.75 Å².